The van der Waals surface area contributed by atoms with E-state index < -0.39 is 0 Å². The van der Waals surface area contributed by atoms with Crippen molar-refractivity contribution in [1.82, 2.24) is 10.2 Å². The van der Waals surface area contributed by atoms with Gasteiger partial charge in [0.1, 0.15) is 0 Å². The van der Waals surface area contributed by atoms with Crippen molar-refractivity contribution in [3.63, 3.8) is 0 Å². The zero-order chi connectivity index (χ0) is 25.8. The van der Waals surface area contributed by atoms with Crippen molar-refractivity contribution in [2.45, 2.75) is 119 Å². The Balaban J connectivity index is 1.26. The van der Waals surface area contributed by atoms with Gasteiger partial charge in [0.2, 0.25) is 0 Å². The lowest BCUT2D eigenvalue weighted by Crippen LogP contribution is -2.73. The van der Waals surface area contributed by atoms with Crippen LogP contribution in [0.25, 0.3) is 0 Å². The summed E-state index contributed by atoms with van der Waals surface area (Å²) in [5, 5.41) is 5.44. The van der Waals surface area contributed by atoms with Crippen LogP contribution in [0.4, 0.5) is 0 Å². The molecule has 3 heteroatoms. The summed E-state index contributed by atoms with van der Waals surface area (Å²) in [5.74, 6) is 5.21. The van der Waals surface area contributed by atoms with Crippen molar-refractivity contribution < 1.29 is 0 Å². The molecule has 2 saturated heterocycles. The summed E-state index contributed by atoms with van der Waals surface area (Å²) in [7, 11) is 2.25. The van der Waals surface area contributed by atoms with Crippen molar-refractivity contribution >= 4 is 11.8 Å². The third-order valence-electron chi connectivity index (χ3n) is 12.3. The summed E-state index contributed by atoms with van der Waals surface area (Å²) in [4.78, 5) is 3.30. The van der Waals surface area contributed by atoms with Crippen molar-refractivity contribution in [2.75, 3.05) is 7.05 Å². The second kappa shape index (κ2) is 10.7. The Hall–Kier alpha value is -1.03. The molecule has 1 aromatic rings. The van der Waals surface area contributed by atoms with Crippen LogP contribution in [0.2, 0.25) is 0 Å². The van der Waals surface area contributed by atoms with Gasteiger partial charge in [-0.2, -0.15) is 11.8 Å². The molecule has 0 spiro atoms. The number of hydrogen-bond donors (Lipinski definition) is 1. The molecule has 6 aliphatic rings. The number of piperidine rings is 1. The Bertz CT molecular complexity index is 1030. The Morgan fingerprint density at radius 3 is 2.47 bits per heavy atom. The molecule has 4 saturated carbocycles. The number of benzene rings is 1. The van der Waals surface area contributed by atoms with E-state index in [0.717, 1.165) is 70.2 Å². The fourth-order valence-electron chi connectivity index (χ4n) is 11.0. The first-order chi connectivity index (χ1) is 18.7. The molecule has 0 amide bonds. The summed E-state index contributed by atoms with van der Waals surface area (Å²) in [6.07, 6.45) is 21.4. The van der Waals surface area contributed by atoms with Crippen LogP contribution in [0.1, 0.15) is 89.5 Å². The van der Waals surface area contributed by atoms with Crippen molar-refractivity contribution in [3.05, 3.63) is 59.7 Å². The topological polar surface area (TPSA) is 15.3 Å². The van der Waals surface area contributed by atoms with Crippen molar-refractivity contribution in [3.8, 4) is 0 Å². The zero-order valence-electron chi connectivity index (χ0n) is 24.0. The molecule has 38 heavy (non-hydrogen) atoms. The second-order valence-corrected chi connectivity index (χ2v) is 15.1. The lowest BCUT2D eigenvalue weighted by Gasteiger charge is -2.69. The fourth-order valence-corrected chi connectivity index (χ4v) is 13.1. The Labute approximate surface area is 236 Å². The van der Waals surface area contributed by atoms with Gasteiger partial charge in [-0.15, -0.1) is 0 Å². The van der Waals surface area contributed by atoms with Gasteiger partial charge in [0.05, 0.1) is 0 Å². The number of thioether (sulfide) groups is 1. The fraction of sp³-hybridized carbons (Fsp3) is 0.714. The predicted molar refractivity (Wildman–Crippen MR) is 163 cm³/mol. The number of nitrogens with zero attached hydrogens (tertiary/aromatic N) is 1. The standard InChI is InChI=1S/C35H50N2S/c1-4-10-22(5-2)24-15-17-30-32(20-24)38-33-21-25(23-11-7-6-8-12-23)19-28-26-13-9-14-27-29(36-3)16-18-31(34(26)27)37(30)35(28)33/h4-8,10-12,24-36H,9,13-21H2,1-3H3/b10-4-,22-5+. The SMILES string of the molecule is C/C=C\C(=C/C)C1CCC2C(C1)SC1CC(c3ccccc3)CC3C4CCCC5C(NC)CCC(C54)N2C13. The maximum absolute atomic E-state index is 3.81. The molecule has 7 rings (SSSR count). The van der Waals surface area contributed by atoms with Gasteiger partial charge >= 0.3 is 0 Å². The number of nitrogens with one attached hydrogen (secondary N) is 1. The van der Waals surface area contributed by atoms with Gasteiger partial charge in [-0.25, -0.2) is 0 Å². The highest BCUT2D eigenvalue weighted by molar-refractivity contribution is 8.00. The average Bonchev–Trinajstić information content (AvgIpc) is 2.97. The van der Waals surface area contributed by atoms with E-state index in [2.05, 4.69) is 91.4 Å². The molecule has 2 heterocycles. The Morgan fingerprint density at radius 2 is 1.68 bits per heavy atom. The highest BCUT2D eigenvalue weighted by Crippen LogP contribution is 2.62. The van der Waals surface area contributed by atoms with Gasteiger partial charge in [0.25, 0.3) is 0 Å². The summed E-state index contributed by atoms with van der Waals surface area (Å²) < 4.78 is 0. The van der Waals surface area contributed by atoms with Gasteiger partial charge < -0.3 is 5.32 Å². The summed E-state index contributed by atoms with van der Waals surface area (Å²) >= 11 is 2.47. The van der Waals surface area contributed by atoms with Gasteiger partial charge in [-0.3, -0.25) is 4.90 Å². The van der Waals surface area contributed by atoms with Crippen LogP contribution in [-0.4, -0.2) is 46.6 Å². The van der Waals surface area contributed by atoms with E-state index in [1.807, 2.05) is 0 Å². The maximum Gasteiger partial charge on any atom is 0.0252 e. The molecule has 12 unspecified atom stereocenters. The van der Waals surface area contributed by atoms with Crippen LogP contribution >= 0.6 is 11.8 Å². The summed E-state index contributed by atoms with van der Waals surface area (Å²) in [6, 6.07) is 14.9. The van der Waals surface area contributed by atoms with Crippen LogP contribution in [0.15, 0.2) is 54.1 Å². The van der Waals surface area contributed by atoms with E-state index in [9.17, 15) is 0 Å². The minimum Gasteiger partial charge on any atom is -0.317 e. The molecule has 12 atom stereocenters. The third kappa shape index (κ3) is 4.20. The molecule has 0 bridgehead atoms. The van der Waals surface area contributed by atoms with Crippen LogP contribution in [-0.2, 0) is 0 Å². The third-order valence-corrected chi connectivity index (χ3v) is 13.9. The smallest absolute Gasteiger partial charge is 0.0252 e. The van der Waals surface area contributed by atoms with Crippen LogP contribution in [0.5, 0.6) is 0 Å². The monoisotopic (exact) mass is 530 g/mol. The average molecular weight is 531 g/mol. The normalized spacial score (nSPS) is 46.8. The number of rotatable bonds is 4. The number of fused-ring (bicyclic) bond motifs is 4. The molecule has 2 nitrogen and oxygen atoms in total. The van der Waals surface area contributed by atoms with Crippen LogP contribution in [0.3, 0.4) is 0 Å². The van der Waals surface area contributed by atoms with E-state index in [4.69, 9.17) is 0 Å². The molecule has 1 aromatic carbocycles. The van der Waals surface area contributed by atoms with E-state index in [1.54, 1.807) is 11.1 Å². The highest BCUT2D eigenvalue weighted by atomic mass is 32.2. The molecule has 206 valence electrons. The van der Waals surface area contributed by atoms with Gasteiger partial charge in [0, 0.05) is 34.7 Å². The minimum absolute atomic E-state index is 0.752. The molecule has 4 aliphatic carbocycles. The van der Waals surface area contributed by atoms with Gasteiger partial charge in [-0.1, -0.05) is 55.0 Å². The molecular formula is C35H50N2S. The van der Waals surface area contributed by atoms with E-state index in [1.165, 1.54) is 64.2 Å². The van der Waals surface area contributed by atoms with Gasteiger partial charge in [-0.05, 0) is 125 Å². The quantitative estimate of drug-likeness (QED) is 0.400. The number of hydrogen-bond acceptors (Lipinski definition) is 3. The van der Waals surface area contributed by atoms with E-state index in [-0.39, 0.29) is 0 Å². The lowest BCUT2D eigenvalue weighted by molar-refractivity contribution is -0.146. The molecule has 6 fully saturated rings. The van der Waals surface area contributed by atoms with Gasteiger partial charge in [0.15, 0.2) is 0 Å². The predicted octanol–water partition coefficient (Wildman–Crippen LogP) is 7.82. The largest absolute Gasteiger partial charge is 0.317 e. The first-order valence-electron chi connectivity index (χ1n) is 16.2. The minimum atomic E-state index is 0.752. The first-order valence-corrected chi connectivity index (χ1v) is 17.1. The Morgan fingerprint density at radius 1 is 0.868 bits per heavy atom. The molecule has 2 aliphatic heterocycles. The lowest BCUT2D eigenvalue weighted by atomic mass is 9.51. The van der Waals surface area contributed by atoms with Crippen LogP contribution in [0, 0.1) is 29.6 Å². The van der Waals surface area contributed by atoms with Crippen molar-refractivity contribution in [1.29, 1.82) is 0 Å². The second-order valence-electron chi connectivity index (χ2n) is 13.6. The Kier molecular flexibility index (Phi) is 7.33. The molecule has 0 radical (unpaired) electrons. The molecule has 0 aromatic heterocycles. The zero-order valence-corrected chi connectivity index (χ0v) is 24.8. The number of allylic oxidation sites excluding steroid dienone is 4. The summed E-state index contributed by atoms with van der Waals surface area (Å²) in [6.45, 7) is 4.45. The van der Waals surface area contributed by atoms with E-state index in [0.29, 0.717) is 0 Å². The molecule has 1 N–H and O–H groups in total. The summed E-state index contributed by atoms with van der Waals surface area (Å²) in [5.41, 5.74) is 3.22. The van der Waals surface area contributed by atoms with Crippen molar-refractivity contribution in [2.24, 2.45) is 29.6 Å². The maximum atomic E-state index is 3.81. The molecular weight excluding hydrogens is 480 g/mol. The van der Waals surface area contributed by atoms with E-state index >= 15 is 0 Å². The van der Waals surface area contributed by atoms with Crippen LogP contribution < -0.4 is 5.32 Å². The highest BCUT2D eigenvalue weighted by Gasteiger charge is 2.62. The first kappa shape index (κ1) is 25.9.